The number of rotatable bonds is 8. The van der Waals surface area contributed by atoms with E-state index in [9.17, 15) is 4.79 Å². The van der Waals surface area contributed by atoms with E-state index >= 15 is 0 Å². The lowest BCUT2D eigenvalue weighted by Crippen LogP contribution is -2.17. The van der Waals surface area contributed by atoms with Crippen molar-refractivity contribution < 1.29 is 9.53 Å². The zero-order valence-corrected chi connectivity index (χ0v) is 17.0. The largest absolute Gasteiger partial charge is 0.497 e. The zero-order chi connectivity index (χ0) is 20.6. The minimum atomic E-state index is -0.243. The van der Waals surface area contributed by atoms with Crippen LogP contribution in [0.25, 0.3) is 0 Å². The van der Waals surface area contributed by atoms with Crippen LogP contribution in [0.1, 0.15) is 34.2 Å². The van der Waals surface area contributed by atoms with Gasteiger partial charge in [-0.1, -0.05) is 37.3 Å². The van der Waals surface area contributed by atoms with Crippen LogP contribution >= 0.6 is 0 Å². The van der Waals surface area contributed by atoms with Crippen LogP contribution in [0.3, 0.4) is 0 Å². The molecule has 3 rings (SSSR count). The van der Waals surface area contributed by atoms with Gasteiger partial charge in [-0.25, -0.2) is 9.97 Å². The number of carbonyl (C=O) groups is 1. The summed E-state index contributed by atoms with van der Waals surface area (Å²) in [7, 11) is 1.66. The molecular weight excluding hydrogens is 364 g/mol. The number of hydrogen-bond donors (Lipinski definition) is 2. The maximum Gasteiger partial charge on any atom is 0.274 e. The topological polar surface area (TPSA) is 76.1 Å². The highest BCUT2D eigenvalue weighted by Gasteiger charge is 2.12. The van der Waals surface area contributed by atoms with Gasteiger partial charge in [-0.15, -0.1) is 0 Å². The number of carbonyl (C=O) groups excluding carboxylic acids is 1. The predicted octanol–water partition coefficient (Wildman–Crippen LogP) is 4.26. The van der Waals surface area contributed by atoms with Crippen LogP contribution in [-0.4, -0.2) is 29.5 Å². The van der Waals surface area contributed by atoms with Crippen molar-refractivity contribution in [2.45, 2.75) is 26.7 Å². The van der Waals surface area contributed by atoms with Gasteiger partial charge in [-0.05, 0) is 55.2 Å². The SMILES string of the molecule is CCc1ccccc1NC(=O)c1cc(C)nc(NCCc2cccc(OC)c2)n1. The summed E-state index contributed by atoms with van der Waals surface area (Å²) in [4.78, 5) is 21.5. The summed E-state index contributed by atoms with van der Waals surface area (Å²) in [6, 6.07) is 17.4. The van der Waals surface area contributed by atoms with Crippen LogP contribution in [0.5, 0.6) is 5.75 Å². The third-order valence-corrected chi connectivity index (χ3v) is 4.56. The van der Waals surface area contributed by atoms with E-state index < -0.39 is 0 Å². The van der Waals surface area contributed by atoms with Crippen LogP contribution < -0.4 is 15.4 Å². The molecule has 1 heterocycles. The Balaban J connectivity index is 1.66. The monoisotopic (exact) mass is 390 g/mol. The Morgan fingerprint density at radius 2 is 1.90 bits per heavy atom. The standard InChI is InChI=1S/C23H26N4O2/c1-4-18-9-5-6-11-20(18)26-22(28)21-14-16(2)25-23(27-21)24-13-12-17-8-7-10-19(15-17)29-3/h5-11,14-15H,4,12-13H2,1-3H3,(H,26,28)(H,24,25,27). The average molecular weight is 390 g/mol. The van der Waals surface area contributed by atoms with Crippen molar-refractivity contribution in [3.8, 4) is 5.75 Å². The first-order chi connectivity index (χ1) is 14.1. The molecule has 29 heavy (non-hydrogen) atoms. The highest BCUT2D eigenvalue weighted by molar-refractivity contribution is 6.03. The van der Waals surface area contributed by atoms with Crippen molar-refractivity contribution in [1.29, 1.82) is 0 Å². The predicted molar refractivity (Wildman–Crippen MR) is 116 cm³/mol. The van der Waals surface area contributed by atoms with Crippen LogP contribution in [-0.2, 0) is 12.8 Å². The summed E-state index contributed by atoms with van der Waals surface area (Å²) in [5.41, 5.74) is 4.12. The lowest BCUT2D eigenvalue weighted by molar-refractivity contribution is 0.102. The number of anilines is 2. The maximum absolute atomic E-state index is 12.7. The van der Waals surface area contributed by atoms with Crippen LogP contribution in [0.2, 0.25) is 0 Å². The molecule has 6 heteroatoms. The maximum atomic E-state index is 12.7. The number of aryl methyl sites for hydroxylation is 2. The molecule has 2 aromatic carbocycles. The molecule has 0 bridgehead atoms. The Bertz CT molecular complexity index is 988. The molecule has 2 N–H and O–H groups in total. The minimum absolute atomic E-state index is 0.243. The first-order valence-electron chi connectivity index (χ1n) is 9.70. The molecule has 0 aliphatic carbocycles. The van der Waals surface area contributed by atoms with Gasteiger partial charge < -0.3 is 15.4 Å². The molecule has 1 aromatic heterocycles. The normalized spacial score (nSPS) is 10.4. The highest BCUT2D eigenvalue weighted by atomic mass is 16.5. The van der Waals surface area contributed by atoms with Gasteiger partial charge in [0, 0.05) is 17.9 Å². The number of hydrogen-bond acceptors (Lipinski definition) is 5. The van der Waals surface area contributed by atoms with Gasteiger partial charge in [0.05, 0.1) is 7.11 Å². The number of aromatic nitrogens is 2. The molecule has 1 amide bonds. The second-order valence-corrected chi connectivity index (χ2v) is 6.71. The number of benzene rings is 2. The molecule has 0 fully saturated rings. The van der Waals surface area contributed by atoms with E-state index in [4.69, 9.17) is 4.74 Å². The van der Waals surface area contributed by atoms with E-state index in [1.807, 2.05) is 55.5 Å². The van der Waals surface area contributed by atoms with Gasteiger partial charge in [-0.2, -0.15) is 0 Å². The molecule has 0 spiro atoms. The van der Waals surface area contributed by atoms with E-state index in [2.05, 4.69) is 27.5 Å². The van der Waals surface area contributed by atoms with Gasteiger partial charge >= 0.3 is 0 Å². The highest BCUT2D eigenvalue weighted by Crippen LogP contribution is 2.17. The smallest absolute Gasteiger partial charge is 0.274 e. The number of ether oxygens (including phenoxy) is 1. The molecule has 0 saturated carbocycles. The number of methoxy groups -OCH3 is 1. The fourth-order valence-corrected chi connectivity index (χ4v) is 3.05. The fourth-order valence-electron chi connectivity index (χ4n) is 3.05. The van der Waals surface area contributed by atoms with Gasteiger partial charge in [0.2, 0.25) is 5.95 Å². The number of para-hydroxylation sites is 1. The van der Waals surface area contributed by atoms with Crippen molar-refractivity contribution in [1.82, 2.24) is 9.97 Å². The molecular formula is C23H26N4O2. The Morgan fingerprint density at radius 3 is 2.69 bits per heavy atom. The van der Waals surface area contributed by atoms with Crippen LogP contribution in [0, 0.1) is 6.92 Å². The van der Waals surface area contributed by atoms with Crippen LogP contribution in [0.4, 0.5) is 11.6 Å². The average Bonchev–Trinajstić information content (AvgIpc) is 2.74. The van der Waals surface area contributed by atoms with Gasteiger partial charge in [0.1, 0.15) is 11.4 Å². The lowest BCUT2D eigenvalue weighted by atomic mass is 10.1. The van der Waals surface area contributed by atoms with E-state index in [0.29, 0.717) is 18.2 Å². The molecule has 0 atom stereocenters. The van der Waals surface area contributed by atoms with Gasteiger partial charge in [0.15, 0.2) is 0 Å². The molecule has 0 aliphatic heterocycles. The Kier molecular flexibility index (Phi) is 6.79. The lowest BCUT2D eigenvalue weighted by Gasteiger charge is -2.11. The molecule has 0 aliphatic rings. The van der Waals surface area contributed by atoms with E-state index in [-0.39, 0.29) is 5.91 Å². The van der Waals surface area contributed by atoms with Crippen molar-refractivity contribution in [3.05, 3.63) is 77.1 Å². The summed E-state index contributed by atoms with van der Waals surface area (Å²) < 4.78 is 5.25. The summed E-state index contributed by atoms with van der Waals surface area (Å²) in [5.74, 6) is 1.04. The summed E-state index contributed by atoms with van der Waals surface area (Å²) in [5, 5.41) is 6.17. The summed E-state index contributed by atoms with van der Waals surface area (Å²) >= 11 is 0. The third-order valence-electron chi connectivity index (χ3n) is 4.56. The quantitative estimate of drug-likeness (QED) is 0.601. The Labute approximate surface area is 171 Å². The van der Waals surface area contributed by atoms with Crippen molar-refractivity contribution in [2.75, 3.05) is 24.3 Å². The third kappa shape index (κ3) is 5.54. The Hall–Kier alpha value is -3.41. The van der Waals surface area contributed by atoms with E-state index in [0.717, 1.165) is 41.1 Å². The second-order valence-electron chi connectivity index (χ2n) is 6.71. The fraction of sp³-hybridized carbons (Fsp3) is 0.261. The molecule has 0 saturated heterocycles. The number of amides is 1. The molecule has 3 aromatic rings. The minimum Gasteiger partial charge on any atom is -0.497 e. The molecule has 0 unspecified atom stereocenters. The Morgan fingerprint density at radius 1 is 1.07 bits per heavy atom. The second kappa shape index (κ2) is 9.68. The van der Waals surface area contributed by atoms with Crippen molar-refractivity contribution in [3.63, 3.8) is 0 Å². The number of nitrogens with zero attached hydrogens (tertiary/aromatic N) is 2. The van der Waals surface area contributed by atoms with Crippen LogP contribution in [0.15, 0.2) is 54.6 Å². The summed E-state index contributed by atoms with van der Waals surface area (Å²) in [6.07, 6.45) is 1.64. The van der Waals surface area contributed by atoms with Crippen molar-refractivity contribution in [2.24, 2.45) is 0 Å². The van der Waals surface area contributed by atoms with Crippen molar-refractivity contribution >= 4 is 17.5 Å². The molecule has 0 radical (unpaired) electrons. The van der Waals surface area contributed by atoms with Gasteiger partial charge in [-0.3, -0.25) is 4.79 Å². The number of nitrogens with one attached hydrogen (secondary N) is 2. The first kappa shape index (κ1) is 20.3. The molecule has 150 valence electrons. The first-order valence-corrected chi connectivity index (χ1v) is 9.70. The van der Waals surface area contributed by atoms with E-state index in [1.165, 1.54) is 0 Å². The van der Waals surface area contributed by atoms with Gasteiger partial charge in [0.25, 0.3) is 5.91 Å². The zero-order valence-electron chi connectivity index (χ0n) is 17.0. The van der Waals surface area contributed by atoms with E-state index in [1.54, 1.807) is 13.2 Å². The summed E-state index contributed by atoms with van der Waals surface area (Å²) in [6.45, 7) is 4.56. The molecule has 6 nitrogen and oxygen atoms in total.